The number of hydrogen-bond acceptors (Lipinski definition) is 21. The van der Waals surface area contributed by atoms with Gasteiger partial charge >= 0.3 is 17.9 Å². The van der Waals surface area contributed by atoms with Gasteiger partial charge in [0.05, 0.1) is 18.5 Å². The number of hydrogen-bond donors (Lipinski definition) is 0. The predicted octanol–water partition coefficient (Wildman–Crippen LogP) is 8.01. The summed E-state index contributed by atoms with van der Waals surface area (Å²) in [4.78, 5) is 51.7. The van der Waals surface area contributed by atoms with Crippen LogP contribution < -0.4 is 0 Å². The van der Waals surface area contributed by atoms with Crippen molar-refractivity contribution in [3.63, 3.8) is 0 Å². The highest BCUT2D eigenvalue weighted by molar-refractivity contribution is 7.99. The van der Waals surface area contributed by atoms with Gasteiger partial charge in [0.2, 0.25) is 0 Å². The highest BCUT2D eigenvalue weighted by atomic mass is 32.2. The number of rotatable bonds is 31. The van der Waals surface area contributed by atoms with Crippen molar-refractivity contribution in [1.29, 1.82) is 0 Å². The Labute approximate surface area is 409 Å². The molecule has 0 saturated heterocycles. The minimum atomic E-state index is -0.310. The molecule has 0 radical (unpaired) electrons. The summed E-state index contributed by atoms with van der Waals surface area (Å²) in [6.45, 7) is 31.0. The van der Waals surface area contributed by atoms with E-state index in [-0.39, 0.29) is 62.9 Å². The van der Waals surface area contributed by atoms with Crippen molar-refractivity contribution in [3.8, 4) is 0 Å². The van der Waals surface area contributed by atoms with Gasteiger partial charge in [-0.2, -0.15) is 0 Å². The second kappa shape index (κ2) is 93.1. The van der Waals surface area contributed by atoms with Crippen molar-refractivity contribution in [1.82, 2.24) is 0 Å². The number of methoxy groups -OCH3 is 5. The lowest BCUT2D eigenvalue weighted by molar-refractivity contribution is -0.155. The van der Waals surface area contributed by atoms with Gasteiger partial charge in [0, 0.05) is 101 Å². The molecule has 0 aromatic rings. The van der Waals surface area contributed by atoms with Gasteiger partial charge in [0.1, 0.15) is 33.4 Å². The largest absolute Gasteiger partial charge is 0.464 e. The molecule has 0 bridgehead atoms. The molecule has 66 heavy (non-hydrogen) atoms. The molecule has 0 aliphatic carbocycles. The van der Waals surface area contributed by atoms with E-state index in [0.29, 0.717) is 59.1 Å². The van der Waals surface area contributed by atoms with Crippen LogP contribution in [0.2, 0.25) is 0 Å². The molecule has 0 aliphatic rings. The number of esters is 3. The lowest BCUT2D eigenvalue weighted by Crippen LogP contribution is -2.10. The van der Waals surface area contributed by atoms with Gasteiger partial charge in [-0.1, -0.05) is 41.5 Å². The Hall–Kier alpha value is -1.99. The summed E-state index contributed by atoms with van der Waals surface area (Å²) in [5.41, 5.74) is 0. The van der Waals surface area contributed by atoms with Crippen LogP contribution in [-0.4, -0.2) is 182 Å². The SMILES string of the molecule is CCC(=O)COC.CCC(=O)OCOC.CCOC(=O)COC.CCOCC(=O)CC.CCOCOC.CCOCOC(=O)CC.CCOCOCC.CCOCSCC.CCSCOC. The van der Waals surface area contributed by atoms with Gasteiger partial charge in [-0.3, -0.25) is 19.2 Å². The molecule has 0 spiro atoms. The van der Waals surface area contributed by atoms with Gasteiger partial charge in [0.25, 0.3) is 0 Å². The summed E-state index contributed by atoms with van der Waals surface area (Å²) >= 11 is 3.60. The van der Waals surface area contributed by atoms with Crippen molar-refractivity contribution in [2.75, 3.05) is 152 Å². The summed E-state index contributed by atoms with van der Waals surface area (Å²) in [5.74, 6) is 3.55. The normalized spacial score (nSPS) is 9.06. The third-order valence-corrected chi connectivity index (χ3v) is 7.06. The Morgan fingerprint density at radius 3 is 1.02 bits per heavy atom. The molecule has 0 atom stereocenters. The molecular formula is C45H98O19S2. The van der Waals surface area contributed by atoms with Crippen molar-refractivity contribution < 1.29 is 90.3 Å². The first-order chi connectivity index (χ1) is 31.7. The zero-order chi connectivity index (χ0) is 52.8. The number of carbonyl (C=O) groups is 5. The first kappa shape index (κ1) is 84.0. The fourth-order valence-corrected chi connectivity index (χ4v) is 2.99. The van der Waals surface area contributed by atoms with Crippen LogP contribution in [0, 0.1) is 0 Å². The van der Waals surface area contributed by atoms with Crippen LogP contribution in [0.3, 0.4) is 0 Å². The molecule has 0 heterocycles. The van der Waals surface area contributed by atoms with Crippen LogP contribution in [0.5, 0.6) is 0 Å². The summed E-state index contributed by atoms with van der Waals surface area (Å²) in [6.07, 6.45) is 1.98. The molecule has 404 valence electrons. The Kier molecular flexibility index (Phi) is 118. The van der Waals surface area contributed by atoms with E-state index in [0.717, 1.165) is 49.8 Å². The number of thioether (sulfide) groups is 2. The van der Waals surface area contributed by atoms with E-state index >= 15 is 0 Å². The molecule has 0 aromatic carbocycles. The first-order valence-electron chi connectivity index (χ1n) is 22.3. The molecule has 0 saturated carbocycles. The predicted molar refractivity (Wildman–Crippen MR) is 265 cm³/mol. The van der Waals surface area contributed by atoms with Crippen molar-refractivity contribution >= 4 is 53.0 Å². The van der Waals surface area contributed by atoms with E-state index in [2.05, 4.69) is 47.0 Å². The van der Waals surface area contributed by atoms with E-state index < -0.39 is 0 Å². The van der Waals surface area contributed by atoms with Crippen LogP contribution in [0.15, 0.2) is 0 Å². The Balaban J connectivity index is -0.0000000793. The average Bonchev–Trinajstić information content (AvgIpc) is 3.33. The minimum Gasteiger partial charge on any atom is -0.464 e. The van der Waals surface area contributed by atoms with E-state index in [4.69, 9.17) is 33.2 Å². The summed E-state index contributed by atoms with van der Waals surface area (Å²) in [7, 11) is 7.77. The van der Waals surface area contributed by atoms with E-state index in [9.17, 15) is 24.0 Å². The third-order valence-electron chi connectivity index (χ3n) is 5.51. The van der Waals surface area contributed by atoms with Crippen molar-refractivity contribution in [2.24, 2.45) is 0 Å². The smallest absolute Gasteiger partial charge is 0.332 e. The fourth-order valence-electron chi connectivity index (χ4n) is 2.21. The molecule has 0 aromatic heterocycles. The standard InChI is InChI=1S/C6H12O3.C6H12O2.2C5H10O3.C5H10O2.C5H12O2.C5H12OS.C4H10O2.C4H10OS/c1-3-6(7)9-5-8-4-2;1-3-6(7)5-8-4-2;1-3-8-5(6)4-7-2;1-3-5(6)8-4-7-2;1-3-5(6)4-7-2;2*1-3-6-5-7-4-2;2*1-3-6-4-5-2/h3-5H2,1-2H3;3-5H2,1-2H3;2*3-4H2,1-2H3;3-4H2,1-2H3;2*3-5H2,1-2H3;2*3-4H2,1-2H3. The monoisotopic (exact) mass is 1010 g/mol. The number of carbonyl (C=O) groups excluding carboxylic acids is 5. The van der Waals surface area contributed by atoms with Crippen LogP contribution in [0.4, 0.5) is 0 Å². The number of ether oxygens (including phenoxy) is 14. The molecule has 0 unspecified atom stereocenters. The maximum Gasteiger partial charge on any atom is 0.332 e. The summed E-state index contributed by atoms with van der Waals surface area (Å²) in [6, 6.07) is 0. The fraction of sp³-hybridized carbons (Fsp3) is 0.889. The highest BCUT2D eigenvalue weighted by Gasteiger charge is 1.97. The van der Waals surface area contributed by atoms with Gasteiger partial charge in [-0.25, -0.2) is 4.79 Å². The quantitative estimate of drug-likeness (QED) is 0.0278. The molecule has 0 fully saturated rings. The van der Waals surface area contributed by atoms with E-state index in [1.165, 1.54) is 21.3 Å². The summed E-state index contributed by atoms with van der Waals surface area (Å²) in [5, 5.41) is 0. The minimum absolute atomic E-state index is 0.0494. The van der Waals surface area contributed by atoms with E-state index in [1.54, 1.807) is 46.8 Å². The average molecular weight is 1010 g/mol. The molecule has 0 amide bonds. The second-order valence-corrected chi connectivity index (χ2v) is 13.3. The van der Waals surface area contributed by atoms with Crippen molar-refractivity contribution in [2.45, 2.75) is 116 Å². The number of ketones is 2. The Bertz CT molecular complexity index is 815. The summed E-state index contributed by atoms with van der Waals surface area (Å²) < 4.78 is 65.5. The van der Waals surface area contributed by atoms with Crippen LogP contribution in [-0.2, 0) is 90.3 Å². The zero-order valence-electron chi connectivity index (χ0n) is 44.6. The maximum absolute atomic E-state index is 10.4. The Morgan fingerprint density at radius 2 is 0.712 bits per heavy atom. The van der Waals surface area contributed by atoms with E-state index in [1.807, 2.05) is 67.2 Å². The second-order valence-electron chi connectivity index (χ2n) is 10.9. The molecule has 0 aliphatic heterocycles. The molecule has 19 nitrogen and oxygen atoms in total. The van der Waals surface area contributed by atoms with Gasteiger partial charge in [-0.05, 0) is 60.0 Å². The molecule has 21 heteroatoms. The lowest BCUT2D eigenvalue weighted by atomic mass is 10.3. The maximum atomic E-state index is 10.4. The van der Waals surface area contributed by atoms with Crippen LogP contribution in [0.1, 0.15) is 116 Å². The molecular weight excluding hydrogens is 909 g/mol. The van der Waals surface area contributed by atoms with Gasteiger partial charge in [-0.15, -0.1) is 23.5 Å². The van der Waals surface area contributed by atoms with Gasteiger partial charge in [0.15, 0.2) is 25.2 Å². The molecule has 0 rings (SSSR count). The highest BCUT2D eigenvalue weighted by Crippen LogP contribution is 1.97. The van der Waals surface area contributed by atoms with Crippen LogP contribution in [0.25, 0.3) is 0 Å². The van der Waals surface area contributed by atoms with Crippen molar-refractivity contribution in [3.05, 3.63) is 0 Å². The number of Topliss-reactive ketones (excluding diaryl/α,β-unsaturated/α-hetero) is 2. The lowest BCUT2D eigenvalue weighted by Gasteiger charge is -2.00. The third kappa shape index (κ3) is 131. The van der Waals surface area contributed by atoms with Crippen LogP contribution >= 0.6 is 23.5 Å². The topological polar surface area (TPSA) is 215 Å². The first-order valence-corrected chi connectivity index (χ1v) is 24.6. The zero-order valence-corrected chi connectivity index (χ0v) is 46.3. The molecule has 0 N–H and O–H groups in total. The van der Waals surface area contributed by atoms with Gasteiger partial charge < -0.3 is 66.3 Å². The Morgan fingerprint density at radius 1 is 0.318 bits per heavy atom.